The highest BCUT2D eigenvalue weighted by molar-refractivity contribution is 14.1. The van der Waals surface area contributed by atoms with Crippen molar-refractivity contribution in [2.24, 2.45) is 0 Å². The fourth-order valence-corrected chi connectivity index (χ4v) is 3.49. The summed E-state index contributed by atoms with van der Waals surface area (Å²) in [5.74, 6) is -0.0319. The molecular weight excluding hydrogens is 445 g/mol. The molecule has 8 heteroatoms. The summed E-state index contributed by atoms with van der Waals surface area (Å²) in [4.78, 5) is 28.2. The van der Waals surface area contributed by atoms with Gasteiger partial charge in [-0.25, -0.2) is 9.78 Å². The predicted octanol–water partition coefficient (Wildman–Crippen LogP) is 3.38. The number of esters is 1. The zero-order valence-corrected chi connectivity index (χ0v) is 15.8. The first kappa shape index (κ1) is 16.9. The third kappa shape index (κ3) is 3.16. The number of halogens is 1. The quantitative estimate of drug-likeness (QED) is 0.442. The summed E-state index contributed by atoms with van der Waals surface area (Å²) in [6.45, 7) is 1.67. The Labute approximate surface area is 154 Å². The van der Waals surface area contributed by atoms with Crippen molar-refractivity contribution >= 4 is 50.9 Å². The van der Waals surface area contributed by atoms with Gasteiger partial charge in [-0.3, -0.25) is 4.79 Å². The Morgan fingerprint density at radius 3 is 2.88 bits per heavy atom. The minimum atomic E-state index is -0.485. The summed E-state index contributed by atoms with van der Waals surface area (Å²) in [7, 11) is 1.29. The molecule has 0 radical (unpaired) electrons. The van der Waals surface area contributed by atoms with Crippen LogP contribution in [-0.4, -0.2) is 24.7 Å². The number of fused-ring (bicyclic) bond motifs is 1. The van der Waals surface area contributed by atoms with Gasteiger partial charge >= 0.3 is 5.97 Å². The van der Waals surface area contributed by atoms with E-state index in [0.717, 1.165) is 5.01 Å². The molecule has 0 spiro atoms. The van der Waals surface area contributed by atoms with Crippen LogP contribution in [0.25, 0.3) is 22.2 Å². The molecule has 0 aliphatic heterocycles. The lowest BCUT2D eigenvalue weighted by atomic mass is 10.1. The Morgan fingerprint density at radius 1 is 1.42 bits per heavy atom. The van der Waals surface area contributed by atoms with Gasteiger partial charge in [0.05, 0.1) is 32.3 Å². The first-order valence-electron chi connectivity index (χ1n) is 6.87. The molecule has 0 bridgehead atoms. The van der Waals surface area contributed by atoms with E-state index in [0.29, 0.717) is 31.5 Å². The molecule has 0 aliphatic rings. The first-order valence-corrected chi connectivity index (χ1v) is 8.83. The van der Waals surface area contributed by atoms with Crippen molar-refractivity contribution in [2.45, 2.75) is 6.92 Å². The standard InChI is InChI=1S/C16H12INO5S/c1-8-18-11(7-24-8)10-5-23-16-9(15(10)20)3-4-12(14(16)17)22-6-13(19)21-2/h3-5,7H,6H2,1-2H3. The van der Waals surface area contributed by atoms with E-state index in [1.165, 1.54) is 24.7 Å². The summed E-state index contributed by atoms with van der Waals surface area (Å²) >= 11 is 3.49. The van der Waals surface area contributed by atoms with Crippen molar-refractivity contribution in [3.05, 3.63) is 42.6 Å². The van der Waals surface area contributed by atoms with E-state index < -0.39 is 5.97 Å². The van der Waals surface area contributed by atoms with Crippen LogP contribution in [0.2, 0.25) is 0 Å². The lowest BCUT2D eigenvalue weighted by molar-refractivity contribution is -0.142. The zero-order chi connectivity index (χ0) is 17.3. The minimum absolute atomic E-state index is 0.154. The third-order valence-electron chi connectivity index (χ3n) is 3.31. The molecular formula is C16H12INO5S. The molecule has 2 heterocycles. The Balaban J connectivity index is 2.04. The first-order chi connectivity index (χ1) is 11.5. The van der Waals surface area contributed by atoms with Crippen LogP contribution >= 0.6 is 33.9 Å². The molecule has 0 amide bonds. The summed E-state index contributed by atoms with van der Waals surface area (Å²) < 4.78 is 16.2. The summed E-state index contributed by atoms with van der Waals surface area (Å²) in [6, 6.07) is 3.26. The Hall–Kier alpha value is -1.94. The number of nitrogens with zero attached hydrogens (tertiary/aromatic N) is 1. The van der Waals surface area contributed by atoms with Gasteiger partial charge < -0.3 is 13.9 Å². The van der Waals surface area contributed by atoms with Crippen LogP contribution in [0.1, 0.15) is 5.01 Å². The maximum atomic E-state index is 12.7. The molecule has 3 rings (SSSR count). The van der Waals surface area contributed by atoms with Gasteiger partial charge in [-0.05, 0) is 41.6 Å². The SMILES string of the molecule is COC(=O)COc1ccc2c(=O)c(-c3csc(C)n3)coc2c1I. The molecule has 3 aromatic rings. The van der Waals surface area contributed by atoms with E-state index in [9.17, 15) is 9.59 Å². The fourth-order valence-electron chi connectivity index (χ4n) is 2.12. The zero-order valence-electron chi connectivity index (χ0n) is 12.8. The largest absolute Gasteiger partial charge is 0.481 e. The van der Waals surface area contributed by atoms with Crippen molar-refractivity contribution in [2.75, 3.05) is 13.7 Å². The number of hydrogen-bond acceptors (Lipinski definition) is 7. The van der Waals surface area contributed by atoms with Crippen LogP contribution in [0.15, 0.2) is 33.0 Å². The van der Waals surface area contributed by atoms with Gasteiger partial charge in [0, 0.05) is 5.38 Å². The highest BCUT2D eigenvalue weighted by Gasteiger charge is 2.16. The second kappa shape index (κ2) is 6.89. The Morgan fingerprint density at radius 2 is 2.21 bits per heavy atom. The van der Waals surface area contributed by atoms with Gasteiger partial charge in [-0.15, -0.1) is 11.3 Å². The Bertz CT molecular complexity index is 978. The molecule has 0 unspecified atom stereocenters. The highest BCUT2D eigenvalue weighted by Crippen LogP contribution is 2.30. The van der Waals surface area contributed by atoms with Gasteiger partial charge in [0.1, 0.15) is 12.0 Å². The number of hydrogen-bond donors (Lipinski definition) is 0. The van der Waals surface area contributed by atoms with Gasteiger partial charge in [0.2, 0.25) is 5.43 Å². The number of thiazole rings is 1. The lowest BCUT2D eigenvalue weighted by Crippen LogP contribution is -2.13. The third-order valence-corrected chi connectivity index (χ3v) is 5.11. The van der Waals surface area contributed by atoms with Crippen molar-refractivity contribution in [3.8, 4) is 17.0 Å². The van der Waals surface area contributed by atoms with Crippen molar-refractivity contribution in [1.82, 2.24) is 4.98 Å². The maximum Gasteiger partial charge on any atom is 0.343 e. The Kier molecular flexibility index (Phi) is 4.86. The van der Waals surface area contributed by atoms with Crippen molar-refractivity contribution in [1.29, 1.82) is 0 Å². The van der Waals surface area contributed by atoms with Gasteiger partial charge in [0.25, 0.3) is 0 Å². The fraction of sp³-hybridized carbons (Fsp3) is 0.188. The second-order valence-corrected chi connectivity index (χ2v) is 6.99. The van der Waals surface area contributed by atoms with E-state index in [-0.39, 0.29) is 12.0 Å². The summed E-state index contributed by atoms with van der Waals surface area (Å²) in [5.41, 5.74) is 1.29. The molecule has 24 heavy (non-hydrogen) atoms. The van der Waals surface area contributed by atoms with Crippen LogP contribution in [0.4, 0.5) is 0 Å². The molecule has 0 atom stereocenters. The molecule has 6 nitrogen and oxygen atoms in total. The number of ether oxygens (including phenoxy) is 2. The molecule has 0 saturated carbocycles. The smallest absolute Gasteiger partial charge is 0.343 e. The number of carbonyl (C=O) groups excluding carboxylic acids is 1. The predicted molar refractivity (Wildman–Crippen MR) is 98.6 cm³/mol. The molecule has 0 N–H and O–H groups in total. The molecule has 0 fully saturated rings. The summed E-state index contributed by atoms with van der Waals surface area (Å²) in [5, 5.41) is 3.14. The van der Waals surface area contributed by atoms with Crippen molar-refractivity contribution in [3.63, 3.8) is 0 Å². The average molecular weight is 457 g/mol. The second-order valence-electron chi connectivity index (χ2n) is 4.85. The normalized spacial score (nSPS) is 10.8. The van der Waals surface area contributed by atoms with Crippen LogP contribution in [0.5, 0.6) is 5.75 Å². The maximum absolute atomic E-state index is 12.7. The van der Waals surface area contributed by atoms with Crippen LogP contribution < -0.4 is 10.2 Å². The van der Waals surface area contributed by atoms with Gasteiger partial charge in [-0.2, -0.15) is 0 Å². The molecule has 0 saturated heterocycles. The molecule has 124 valence electrons. The number of aryl methyl sites for hydroxylation is 1. The molecule has 2 aromatic heterocycles. The molecule has 0 aliphatic carbocycles. The minimum Gasteiger partial charge on any atom is -0.481 e. The lowest BCUT2D eigenvalue weighted by Gasteiger charge is -2.09. The summed E-state index contributed by atoms with van der Waals surface area (Å²) in [6.07, 6.45) is 1.41. The number of aromatic nitrogens is 1. The van der Waals surface area contributed by atoms with Gasteiger partial charge in [-0.1, -0.05) is 0 Å². The number of methoxy groups -OCH3 is 1. The van der Waals surface area contributed by atoms with Gasteiger partial charge in [0.15, 0.2) is 12.2 Å². The van der Waals surface area contributed by atoms with Crippen LogP contribution in [-0.2, 0) is 9.53 Å². The number of carbonyl (C=O) groups is 1. The van der Waals surface area contributed by atoms with Crippen LogP contribution in [0, 0.1) is 10.5 Å². The van der Waals surface area contributed by atoms with Crippen molar-refractivity contribution < 1.29 is 18.7 Å². The molecule has 1 aromatic carbocycles. The van der Waals surface area contributed by atoms with E-state index in [1.807, 2.05) is 34.9 Å². The van der Waals surface area contributed by atoms with Crippen LogP contribution in [0.3, 0.4) is 0 Å². The van der Waals surface area contributed by atoms with E-state index in [2.05, 4.69) is 9.72 Å². The highest BCUT2D eigenvalue weighted by atomic mass is 127. The van der Waals surface area contributed by atoms with E-state index in [4.69, 9.17) is 9.15 Å². The van der Waals surface area contributed by atoms with E-state index >= 15 is 0 Å². The number of benzene rings is 1. The van der Waals surface area contributed by atoms with E-state index in [1.54, 1.807) is 12.1 Å². The number of rotatable bonds is 4. The topological polar surface area (TPSA) is 78.6 Å². The average Bonchev–Trinajstić information content (AvgIpc) is 3.00. The monoisotopic (exact) mass is 457 g/mol.